The summed E-state index contributed by atoms with van der Waals surface area (Å²) >= 11 is 0. The third kappa shape index (κ3) is 3.62. The Morgan fingerprint density at radius 2 is 1.68 bits per heavy atom. The minimum Gasteiger partial charge on any atom is -0.497 e. The van der Waals surface area contributed by atoms with Crippen molar-refractivity contribution in [3.8, 4) is 22.6 Å². The van der Waals surface area contributed by atoms with Gasteiger partial charge in [-0.25, -0.2) is 9.97 Å². The summed E-state index contributed by atoms with van der Waals surface area (Å²) in [5, 5.41) is 4.44. The van der Waals surface area contributed by atoms with Gasteiger partial charge in [-0.3, -0.25) is 0 Å². The van der Waals surface area contributed by atoms with Crippen LogP contribution in [0.5, 0.6) is 5.75 Å². The summed E-state index contributed by atoms with van der Waals surface area (Å²) in [5.74, 6) is 1.58. The maximum absolute atomic E-state index is 5.27. The molecule has 1 N–H and O–H groups in total. The zero-order chi connectivity index (χ0) is 21.2. The maximum atomic E-state index is 5.27. The second-order valence-corrected chi connectivity index (χ2v) is 7.39. The van der Waals surface area contributed by atoms with Crippen LogP contribution < -0.4 is 10.1 Å². The molecule has 0 atom stereocenters. The number of nitrogens with one attached hydrogen (secondary N) is 1. The Balaban J connectivity index is 1.71. The zero-order valence-electron chi connectivity index (χ0n) is 17.4. The average Bonchev–Trinajstić information content (AvgIpc) is 3.21. The largest absolute Gasteiger partial charge is 0.497 e. The first-order chi connectivity index (χ1) is 15.2. The van der Waals surface area contributed by atoms with Crippen LogP contribution in [0.15, 0.2) is 91.4 Å². The maximum Gasteiger partial charge on any atom is 0.150 e. The molecule has 2 aromatic heterocycles. The lowest BCUT2D eigenvalue weighted by molar-refractivity contribution is 0.415. The molecule has 0 spiro atoms. The van der Waals surface area contributed by atoms with Gasteiger partial charge in [0.05, 0.1) is 12.5 Å². The fourth-order valence-corrected chi connectivity index (χ4v) is 3.78. The van der Waals surface area contributed by atoms with Crippen LogP contribution >= 0.6 is 0 Å². The van der Waals surface area contributed by atoms with Gasteiger partial charge in [0, 0.05) is 23.1 Å². The van der Waals surface area contributed by atoms with Crippen LogP contribution in [-0.2, 0) is 0 Å². The summed E-state index contributed by atoms with van der Waals surface area (Å²) < 4.78 is 7.40. The van der Waals surface area contributed by atoms with Crippen LogP contribution in [0.1, 0.15) is 5.56 Å². The Kier molecular flexibility index (Phi) is 4.84. The van der Waals surface area contributed by atoms with E-state index >= 15 is 0 Å². The zero-order valence-corrected chi connectivity index (χ0v) is 17.4. The van der Waals surface area contributed by atoms with Crippen LogP contribution in [0.4, 0.5) is 11.5 Å². The lowest BCUT2D eigenvalue weighted by Crippen LogP contribution is -1.98. The third-order valence-electron chi connectivity index (χ3n) is 5.30. The second-order valence-electron chi connectivity index (χ2n) is 7.39. The number of fused-ring (bicyclic) bond motifs is 1. The van der Waals surface area contributed by atoms with Crippen LogP contribution in [0, 0.1) is 6.92 Å². The quantitative estimate of drug-likeness (QED) is 0.380. The molecule has 2 heterocycles. The average molecular weight is 406 g/mol. The molecule has 0 aliphatic heterocycles. The number of benzene rings is 3. The molecule has 0 radical (unpaired) electrons. The van der Waals surface area contributed by atoms with Gasteiger partial charge in [0.15, 0.2) is 5.65 Å². The highest BCUT2D eigenvalue weighted by molar-refractivity contribution is 6.03. The fraction of sp³-hybridized carbons (Fsp3) is 0.0769. The van der Waals surface area contributed by atoms with Crippen molar-refractivity contribution in [2.75, 3.05) is 12.4 Å². The van der Waals surface area contributed by atoms with Crippen LogP contribution in [0.25, 0.3) is 27.8 Å². The number of anilines is 2. The van der Waals surface area contributed by atoms with Crippen LogP contribution in [-0.4, -0.2) is 21.6 Å². The summed E-state index contributed by atoms with van der Waals surface area (Å²) in [7, 11) is 1.66. The Morgan fingerprint density at radius 3 is 2.42 bits per heavy atom. The molecule has 0 fully saturated rings. The first-order valence-electron chi connectivity index (χ1n) is 10.1. The van der Waals surface area contributed by atoms with Crippen LogP contribution in [0.3, 0.4) is 0 Å². The van der Waals surface area contributed by atoms with E-state index in [1.807, 2.05) is 42.5 Å². The van der Waals surface area contributed by atoms with Gasteiger partial charge in [-0.15, -0.1) is 0 Å². The Bertz CT molecular complexity index is 1340. The molecule has 152 valence electrons. The summed E-state index contributed by atoms with van der Waals surface area (Å²) in [4.78, 5) is 9.24. The van der Waals surface area contributed by atoms with Crippen molar-refractivity contribution in [3.63, 3.8) is 0 Å². The van der Waals surface area contributed by atoms with Gasteiger partial charge in [-0.2, -0.15) is 0 Å². The van der Waals surface area contributed by atoms with Gasteiger partial charge in [0.1, 0.15) is 17.9 Å². The van der Waals surface area contributed by atoms with Gasteiger partial charge in [-0.1, -0.05) is 42.5 Å². The molecule has 31 heavy (non-hydrogen) atoms. The van der Waals surface area contributed by atoms with E-state index in [9.17, 15) is 0 Å². The van der Waals surface area contributed by atoms with E-state index in [4.69, 9.17) is 4.74 Å². The summed E-state index contributed by atoms with van der Waals surface area (Å²) in [5.41, 5.74) is 6.26. The Labute approximate surface area is 181 Å². The first kappa shape index (κ1) is 18.9. The summed E-state index contributed by atoms with van der Waals surface area (Å²) in [6.07, 6.45) is 3.75. The molecular formula is C26H22N4O. The topological polar surface area (TPSA) is 52.0 Å². The molecule has 5 heteroatoms. The van der Waals surface area contributed by atoms with Gasteiger partial charge in [-0.05, 0) is 54.4 Å². The van der Waals surface area contributed by atoms with E-state index < -0.39 is 0 Å². The lowest BCUT2D eigenvalue weighted by Gasteiger charge is -2.10. The van der Waals surface area contributed by atoms with Crippen molar-refractivity contribution in [2.45, 2.75) is 6.92 Å². The Hall–Kier alpha value is -4.12. The van der Waals surface area contributed by atoms with E-state index in [2.05, 4.69) is 69.4 Å². The molecule has 5 aromatic rings. The van der Waals surface area contributed by atoms with E-state index in [0.29, 0.717) is 0 Å². The number of nitrogens with zero attached hydrogens (tertiary/aromatic N) is 3. The van der Waals surface area contributed by atoms with Crippen LogP contribution in [0.2, 0.25) is 0 Å². The number of rotatable bonds is 5. The smallest absolute Gasteiger partial charge is 0.150 e. The highest BCUT2D eigenvalue weighted by atomic mass is 16.5. The molecule has 0 amide bonds. The number of aromatic nitrogens is 3. The van der Waals surface area contributed by atoms with Crippen molar-refractivity contribution in [3.05, 3.63) is 97.0 Å². The molecule has 5 rings (SSSR count). The van der Waals surface area contributed by atoms with Crippen molar-refractivity contribution in [1.82, 2.24) is 14.5 Å². The molecule has 0 unspecified atom stereocenters. The van der Waals surface area contributed by atoms with Gasteiger partial charge < -0.3 is 14.6 Å². The standard InChI is InChI=1S/C26H22N4O/c1-18-7-6-10-21(15-18)30-16-23(19-8-4-3-5-9-19)24-25(27-17-28-26(24)30)29-20-11-13-22(31-2)14-12-20/h3-17H,1-2H3,(H,27,28,29). The van der Waals surface area contributed by atoms with E-state index in [1.165, 1.54) is 5.56 Å². The highest BCUT2D eigenvalue weighted by Crippen LogP contribution is 2.36. The molecule has 0 saturated heterocycles. The van der Waals surface area contributed by atoms with E-state index in [0.717, 1.165) is 45.1 Å². The van der Waals surface area contributed by atoms with Crippen molar-refractivity contribution < 1.29 is 4.74 Å². The molecule has 5 nitrogen and oxygen atoms in total. The number of aryl methyl sites for hydroxylation is 1. The number of ether oxygens (including phenoxy) is 1. The number of methoxy groups -OCH3 is 1. The predicted octanol–water partition coefficient (Wildman–Crippen LogP) is 6.15. The van der Waals surface area contributed by atoms with Crippen molar-refractivity contribution in [1.29, 1.82) is 0 Å². The number of hydrogen-bond donors (Lipinski definition) is 1. The van der Waals surface area contributed by atoms with E-state index in [-0.39, 0.29) is 0 Å². The predicted molar refractivity (Wildman–Crippen MR) is 125 cm³/mol. The molecule has 3 aromatic carbocycles. The van der Waals surface area contributed by atoms with E-state index in [1.54, 1.807) is 13.4 Å². The minimum absolute atomic E-state index is 0.764. The molecule has 0 saturated carbocycles. The monoisotopic (exact) mass is 406 g/mol. The molecule has 0 aliphatic rings. The SMILES string of the molecule is COc1ccc(Nc2ncnc3c2c(-c2ccccc2)cn3-c2cccc(C)c2)cc1. The van der Waals surface area contributed by atoms with Crippen molar-refractivity contribution in [2.24, 2.45) is 0 Å². The van der Waals surface area contributed by atoms with Crippen molar-refractivity contribution >= 4 is 22.5 Å². The highest BCUT2D eigenvalue weighted by Gasteiger charge is 2.17. The van der Waals surface area contributed by atoms with Gasteiger partial charge >= 0.3 is 0 Å². The molecule has 0 aliphatic carbocycles. The lowest BCUT2D eigenvalue weighted by atomic mass is 10.1. The fourth-order valence-electron chi connectivity index (χ4n) is 3.78. The molecular weight excluding hydrogens is 384 g/mol. The second kappa shape index (κ2) is 7.95. The molecule has 0 bridgehead atoms. The summed E-state index contributed by atoms with van der Waals surface area (Å²) in [6, 6.07) is 26.6. The third-order valence-corrected chi connectivity index (χ3v) is 5.30. The van der Waals surface area contributed by atoms with Gasteiger partial charge in [0.2, 0.25) is 0 Å². The summed E-state index contributed by atoms with van der Waals surface area (Å²) in [6.45, 7) is 2.10. The first-order valence-corrected chi connectivity index (χ1v) is 10.1. The minimum atomic E-state index is 0.764. The normalized spacial score (nSPS) is 10.9. The van der Waals surface area contributed by atoms with Gasteiger partial charge in [0.25, 0.3) is 0 Å². The Morgan fingerprint density at radius 1 is 0.871 bits per heavy atom. The number of hydrogen-bond acceptors (Lipinski definition) is 4.